The highest BCUT2D eigenvalue weighted by molar-refractivity contribution is 5.85. The molecule has 0 unspecified atom stereocenters. The van der Waals surface area contributed by atoms with Crippen molar-refractivity contribution >= 4 is 24.8 Å². The molecule has 1 saturated carbocycles. The van der Waals surface area contributed by atoms with Crippen LogP contribution in [0, 0.1) is 23.1 Å². The summed E-state index contributed by atoms with van der Waals surface area (Å²) in [6, 6.07) is 4.73. The van der Waals surface area contributed by atoms with E-state index in [1.165, 1.54) is 12.8 Å². The average Bonchev–Trinajstić information content (AvgIpc) is 3.33. The summed E-state index contributed by atoms with van der Waals surface area (Å²) in [5.41, 5.74) is 0.844. The van der Waals surface area contributed by atoms with Crippen molar-refractivity contribution in [3.63, 3.8) is 0 Å². The summed E-state index contributed by atoms with van der Waals surface area (Å²) in [6.07, 6.45) is 3.36. The Hall–Kier alpha value is -1.06. The zero-order valence-electron chi connectivity index (χ0n) is 12.8. The number of piperazine rings is 1. The Labute approximate surface area is 148 Å². The van der Waals surface area contributed by atoms with Gasteiger partial charge < -0.3 is 10.4 Å². The van der Waals surface area contributed by atoms with Crippen LogP contribution in [0.4, 0.5) is 4.39 Å². The van der Waals surface area contributed by atoms with Gasteiger partial charge in [0.2, 0.25) is 0 Å². The number of hydrogen-bond acceptors (Lipinski definition) is 4. The predicted octanol–water partition coefficient (Wildman–Crippen LogP) is 2.99. The van der Waals surface area contributed by atoms with Crippen molar-refractivity contribution in [2.45, 2.75) is 25.3 Å². The lowest BCUT2D eigenvalue weighted by Gasteiger charge is -2.35. The number of nitrogens with zero attached hydrogens (tertiary/aromatic N) is 2. The molecule has 0 spiro atoms. The molecule has 0 aromatic heterocycles. The number of hydrogen-bond donors (Lipinski definition) is 2. The Balaban J connectivity index is 0.00000132. The van der Waals surface area contributed by atoms with Crippen molar-refractivity contribution in [2.24, 2.45) is 5.92 Å². The van der Waals surface area contributed by atoms with E-state index in [2.05, 4.69) is 10.2 Å². The van der Waals surface area contributed by atoms with Crippen LogP contribution in [-0.4, -0.2) is 36.2 Å². The van der Waals surface area contributed by atoms with Crippen LogP contribution in [0.3, 0.4) is 0 Å². The molecule has 2 aliphatic rings. The Morgan fingerprint density at radius 1 is 1.30 bits per heavy atom. The second-order valence-corrected chi connectivity index (χ2v) is 5.99. The van der Waals surface area contributed by atoms with Gasteiger partial charge in [-0.15, -0.1) is 24.8 Å². The molecule has 23 heavy (non-hydrogen) atoms. The summed E-state index contributed by atoms with van der Waals surface area (Å²) in [7, 11) is 0. The van der Waals surface area contributed by atoms with Gasteiger partial charge in [-0.25, -0.2) is 4.39 Å². The number of rotatable bonds is 4. The number of nitriles is 1. The van der Waals surface area contributed by atoms with Gasteiger partial charge in [0, 0.05) is 37.8 Å². The van der Waals surface area contributed by atoms with Crippen molar-refractivity contribution in [3.05, 3.63) is 29.1 Å². The first-order valence-electron chi connectivity index (χ1n) is 7.56. The summed E-state index contributed by atoms with van der Waals surface area (Å²) in [6.45, 7) is 3.58. The predicted molar refractivity (Wildman–Crippen MR) is 91.8 cm³/mol. The summed E-state index contributed by atoms with van der Waals surface area (Å²) in [5, 5.41) is 22.5. The van der Waals surface area contributed by atoms with Crippen molar-refractivity contribution in [3.8, 4) is 11.8 Å². The second-order valence-electron chi connectivity index (χ2n) is 5.99. The highest BCUT2D eigenvalue weighted by atomic mass is 35.5. The molecule has 4 nitrogen and oxygen atoms in total. The zero-order chi connectivity index (χ0) is 14.8. The van der Waals surface area contributed by atoms with E-state index in [1.807, 2.05) is 6.07 Å². The maximum atomic E-state index is 13.9. The Bertz CT molecular complexity index is 569. The molecule has 3 rings (SSSR count). The Morgan fingerprint density at radius 2 is 1.96 bits per heavy atom. The third kappa shape index (κ3) is 4.71. The second kappa shape index (κ2) is 8.70. The molecule has 0 amide bonds. The van der Waals surface area contributed by atoms with Crippen LogP contribution in [0.1, 0.15) is 36.4 Å². The molecule has 128 valence electrons. The molecule has 1 saturated heterocycles. The molecule has 1 heterocycles. The van der Waals surface area contributed by atoms with Gasteiger partial charge in [0.15, 0.2) is 11.6 Å². The number of aromatic hydroxyl groups is 1. The van der Waals surface area contributed by atoms with Gasteiger partial charge in [-0.3, -0.25) is 4.90 Å². The largest absolute Gasteiger partial charge is 0.505 e. The topological polar surface area (TPSA) is 59.3 Å². The number of halogens is 3. The summed E-state index contributed by atoms with van der Waals surface area (Å²) in [4.78, 5) is 2.30. The fourth-order valence-corrected chi connectivity index (χ4v) is 3.07. The minimum atomic E-state index is -0.694. The Morgan fingerprint density at radius 3 is 2.52 bits per heavy atom. The first-order valence-corrected chi connectivity index (χ1v) is 7.56. The smallest absolute Gasteiger partial charge is 0.166 e. The van der Waals surface area contributed by atoms with Crippen LogP contribution in [0.5, 0.6) is 5.75 Å². The molecule has 0 bridgehead atoms. The summed E-state index contributed by atoms with van der Waals surface area (Å²) >= 11 is 0. The monoisotopic (exact) mass is 361 g/mol. The van der Waals surface area contributed by atoms with Gasteiger partial charge in [0.05, 0.1) is 11.6 Å². The fraction of sp³-hybridized carbons (Fsp3) is 0.562. The number of nitrogens with one attached hydrogen (secondary N) is 1. The molecule has 1 aromatic rings. The van der Waals surface area contributed by atoms with Crippen LogP contribution in [0.15, 0.2) is 12.1 Å². The lowest BCUT2D eigenvalue weighted by molar-refractivity contribution is 0.157. The van der Waals surface area contributed by atoms with Gasteiger partial charge in [0.1, 0.15) is 0 Å². The van der Waals surface area contributed by atoms with Crippen LogP contribution < -0.4 is 5.32 Å². The molecule has 1 atom stereocenters. The average molecular weight is 362 g/mol. The minimum absolute atomic E-state index is 0. The maximum Gasteiger partial charge on any atom is 0.166 e. The van der Waals surface area contributed by atoms with E-state index >= 15 is 0 Å². The molecular formula is C16H22Cl2FN3O. The molecular weight excluding hydrogens is 340 g/mol. The summed E-state index contributed by atoms with van der Waals surface area (Å²) in [5.74, 6) is -0.323. The maximum absolute atomic E-state index is 13.9. The highest BCUT2D eigenvalue weighted by Gasteiger charge is 2.32. The van der Waals surface area contributed by atoms with Crippen molar-refractivity contribution in [1.29, 1.82) is 5.26 Å². The van der Waals surface area contributed by atoms with Gasteiger partial charge in [-0.2, -0.15) is 5.26 Å². The van der Waals surface area contributed by atoms with E-state index in [4.69, 9.17) is 5.26 Å². The number of phenolic OH excluding ortho intramolecular Hbond substituents is 1. The molecule has 0 radical (unpaired) electrons. The van der Waals surface area contributed by atoms with Gasteiger partial charge in [-0.05, 0) is 24.5 Å². The lowest BCUT2D eigenvalue weighted by Crippen LogP contribution is -2.45. The normalized spacial score (nSPS) is 19.1. The molecule has 1 aliphatic carbocycles. The molecule has 2 N–H and O–H groups in total. The Kier molecular flexibility index (Phi) is 7.56. The summed E-state index contributed by atoms with van der Waals surface area (Å²) < 4.78 is 13.9. The number of phenols is 1. The first kappa shape index (κ1) is 20.0. The van der Waals surface area contributed by atoms with E-state index in [0.717, 1.165) is 38.7 Å². The van der Waals surface area contributed by atoms with E-state index < -0.39 is 5.82 Å². The van der Waals surface area contributed by atoms with E-state index in [-0.39, 0.29) is 42.2 Å². The quantitative estimate of drug-likeness (QED) is 0.865. The van der Waals surface area contributed by atoms with E-state index in [9.17, 15) is 9.50 Å². The first-order chi connectivity index (χ1) is 10.2. The van der Waals surface area contributed by atoms with Crippen LogP contribution in [0.2, 0.25) is 0 Å². The molecule has 1 aliphatic heterocycles. The van der Waals surface area contributed by atoms with Crippen LogP contribution >= 0.6 is 24.8 Å². The van der Waals surface area contributed by atoms with Gasteiger partial charge in [-0.1, -0.05) is 12.8 Å². The lowest BCUT2D eigenvalue weighted by atomic mass is 9.96. The highest BCUT2D eigenvalue weighted by Crippen LogP contribution is 2.43. The van der Waals surface area contributed by atoms with Crippen molar-refractivity contribution < 1.29 is 9.50 Å². The van der Waals surface area contributed by atoms with Gasteiger partial charge >= 0.3 is 0 Å². The molecule has 2 fully saturated rings. The zero-order valence-corrected chi connectivity index (χ0v) is 14.4. The van der Waals surface area contributed by atoms with Crippen molar-refractivity contribution in [2.75, 3.05) is 26.2 Å². The standard InChI is InChI=1S/C16H20FN3O.2ClH/c17-14-8-12(10-18)7-13(16(14)21)15(9-11-1-2-11)20-5-3-19-4-6-20;;/h7-8,11,15,19,21H,1-6,9H2;2*1H/t15-;;/m0../s1. The van der Waals surface area contributed by atoms with Crippen LogP contribution in [0.25, 0.3) is 0 Å². The van der Waals surface area contributed by atoms with E-state index in [0.29, 0.717) is 11.5 Å². The third-order valence-corrected chi connectivity index (χ3v) is 4.43. The molecule has 1 aromatic carbocycles. The third-order valence-electron chi connectivity index (χ3n) is 4.43. The minimum Gasteiger partial charge on any atom is -0.505 e. The fourth-order valence-electron chi connectivity index (χ4n) is 3.07. The van der Waals surface area contributed by atoms with E-state index in [1.54, 1.807) is 6.07 Å². The van der Waals surface area contributed by atoms with Crippen molar-refractivity contribution in [1.82, 2.24) is 10.2 Å². The van der Waals surface area contributed by atoms with Gasteiger partial charge in [0.25, 0.3) is 0 Å². The SMILES string of the molecule is Cl.Cl.N#Cc1cc(F)c(O)c([C@H](CC2CC2)N2CCNCC2)c1. The number of benzene rings is 1. The van der Waals surface area contributed by atoms with Crippen LogP contribution in [-0.2, 0) is 0 Å². The molecule has 7 heteroatoms.